The first-order valence-corrected chi connectivity index (χ1v) is 5.79. The molecule has 0 atom stereocenters. The Balaban J connectivity index is 4.46. The van der Waals surface area contributed by atoms with Crippen LogP contribution in [0.1, 0.15) is 53.9 Å². The van der Waals surface area contributed by atoms with Gasteiger partial charge in [0.05, 0.1) is 6.42 Å². The van der Waals surface area contributed by atoms with Crippen molar-refractivity contribution in [2.24, 2.45) is 10.8 Å². The molecule has 0 aliphatic carbocycles. The Hall–Kier alpha value is -0.920. The summed E-state index contributed by atoms with van der Waals surface area (Å²) in [6.45, 7) is 13.0. The third-order valence-corrected chi connectivity index (χ3v) is 2.89. The highest BCUT2D eigenvalue weighted by atomic mass is 16.1. The molecule has 0 radical (unpaired) electrons. The summed E-state index contributed by atoms with van der Waals surface area (Å²) < 4.78 is 0. The van der Waals surface area contributed by atoms with Crippen molar-refractivity contribution < 1.29 is 9.59 Å². The Morgan fingerprint density at radius 1 is 1.06 bits per heavy atom. The van der Waals surface area contributed by atoms with Crippen LogP contribution in [-0.4, -0.2) is 11.6 Å². The van der Waals surface area contributed by atoms with E-state index in [0.717, 1.165) is 12.8 Å². The number of carbonyl (C=O) groups excluding carboxylic acids is 2. The molecule has 0 rings (SSSR count). The maximum Gasteiger partial charge on any atom is 0.145 e. The zero-order valence-corrected chi connectivity index (χ0v) is 11.2. The zero-order chi connectivity index (χ0) is 13.0. The molecule has 0 unspecified atom stereocenters. The summed E-state index contributed by atoms with van der Waals surface area (Å²) in [6, 6.07) is 0. The molecule has 16 heavy (non-hydrogen) atoms. The lowest BCUT2D eigenvalue weighted by Crippen LogP contribution is -2.30. The predicted molar refractivity (Wildman–Crippen MR) is 67.3 cm³/mol. The van der Waals surface area contributed by atoms with Crippen molar-refractivity contribution in [2.45, 2.75) is 53.9 Å². The Morgan fingerprint density at radius 2 is 1.56 bits per heavy atom. The lowest BCUT2D eigenvalue weighted by atomic mass is 9.78. The van der Waals surface area contributed by atoms with Crippen molar-refractivity contribution in [1.29, 1.82) is 0 Å². The van der Waals surface area contributed by atoms with Gasteiger partial charge < -0.3 is 0 Å². The molecule has 0 fully saturated rings. The highest BCUT2D eigenvalue weighted by Gasteiger charge is 2.31. The molecule has 0 heterocycles. The van der Waals surface area contributed by atoms with E-state index in [9.17, 15) is 9.59 Å². The molecule has 0 bridgehead atoms. The van der Waals surface area contributed by atoms with Gasteiger partial charge in [-0.2, -0.15) is 0 Å². The van der Waals surface area contributed by atoms with Gasteiger partial charge >= 0.3 is 0 Å². The molecular formula is C14H24O2. The van der Waals surface area contributed by atoms with Gasteiger partial charge in [0.15, 0.2) is 0 Å². The number of hydrogen-bond acceptors (Lipinski definition) is 2. The van der Waals surface area contributed by atoms with Crippen LogP contribution in [0.2, 0.25) is 0 Å². The summed E-state index contributed by atoms with van der Waals surface area (Å²) in [7, 11) is 0. The van der Waals surface area contributed by atoms with Crippen LogP contribution in [0.25, 0.3) is 0 Å². The first kappa shape index (κ1) is 15.1. The lowest BCUT2D eigenvalue weighted by molar-refractivity contribution is -0.135. The molecular weight excluding hydrogens is 200 g/mol. The van der Waals surface area contributed by atoms with Crippen LogP contribution in [0.4, 0.5) is 0 Å². The van der Waals surface area contributed by atoms with Crippen LogP contribution >= 0.6 is 0 Å². The first-order valence-electron chi connectivity index (χ1n) is 5.79. The molecule has 2 heteroatoms. The lowest BCUT2D eigenvalue weighted by Gasteiger charge is -2.24. The van der Waals surface area contributed by atoms with E-state index < -0.39 is 10.8 Å². The zero-order valence-electron chi connectivity index (χ0n) is 11.2. The second kappa shape index (κ2) is 5.42. The minimum Gasteiger partial charge on any atom is -0.299 e. The molecule has 0 aromatic heterocycles. The molecule has 92 valence electrons. The van der Waals surface area contributed by atoms with Gasteiger partial charge in [0, 0.05) is 10.8 Å². The highest BCUT2D eigenvalue weighted by molar-refractivity contribution is 6.03. The van der Waals surface area contributed by atoms with E-state index in [1.807, 2.05) is 34.6 Å². The summed E-state index contributed by atoms with van der Waals surface area (Å²) in [4.78, 5) is 23.7. The largest absolute Gasteiger partial charge is 0.299 e. The van der Waals surface area contributed by atoms with Gasteiger partial charge in [0.25, 0.3) is 0 Å². The number of carbonyl (C=O) groups is 2. The van der Waals surface area contributed by atoms with Gasteiger partial charge in [-0.15, -0.1) is 6.58 Å². The fourth-order valence-corrected chi connectivity index (χ4v) is 1.25. The molecule has 0 aromatic rings. The minimum absolute atomic E-state index is 0.0178. The predicted octanol–water partition coefficient (Wildman–Crippen LogP) is 3.55. The Morgan fingerprint density at radius 3 is 1.94 bits per heavy atom. The highest BCUT2D eigenvalue weighted by Crippen LogP contribution is 2.27. The number of Topliss-reactive ketones (excluding diaryl/α,β-unsaturated/α-hetero) is 2. The Labute approximate surface area is 99.1 Å². The van der Waals surface area contributed by atoms with Crippen molar-refractivity contribution >= 4 is 11.6 Å². The van der Waals surface area contributed by atoms with Crippen molar-refractivity contribution in [3.8, 4) is 0 Å². The summed E-state index contributed by atoms with van der Waals surface area (Å²) in [5.74, 6) is 0.0541. The molecule has 0 aliphatic rings. The molecule has 0 N–H and O–H groups in total. The summed E-state index contributed by atoms with van der Waals surface area (Å²) in [6.07, 6.45) is 3.42. The van der Waals surface area contributed by atoms with E-state index in [1.165, 1.54) is 0 Å². The van der Waals surface area contributed by atoms with E-state index >= 15 is 0 Å². The van der Waals surface area contributed by atoms with E-state index in [4.69, 9.17) is 0 Å². The standard InChI is InChI=1S/C14H24O2/c1-7-8-9-14(5,6)12(16)10-11(15)13(2,3)4/h7H,1,8-10H2,2-6H3. The molecule has 0 amide bonds. The second-order valence-corrected chi connectivity index (χ2v) is 5.98. The van der Waals surface area contributed by atoms with E-state index in [2.05, 4.69) is 6.58 Å². The van der Waals surface area contributed by atoms with E-state index in [0.29, 0.717) is 0 Å². The van der Waals surface area contributed by atoms with Gasteiger partial charge in [0.2, 0.25) is 0 Å². The smallest absolute Gasteiger partial charge is 0.145 e. The molecule has 0 saturated heterocycles. The van der Waals surface area contributed by atoms with Crippen LogP contribution in [0.15, 0.2) is 12.7 Å². The quantitative estimate of drug-likeness (QED) is 0.510. The van der Waals surface area contributed by atoms with Crippen molar-refractivity contribution in [2.75, 3.05) is 0 Å². The van der Waals surface area contributed by atoms with Crippen molar-refractivity contribution in [3.05, 3.63) is 12.7 Å². The van der Waals surface area contributed by atoms with Crippen LogP contribution in [0, 0.1) is 10.8 Å². The molecule has 0 aliphatic heterocycles. The van der Waals surface area contributed by atoms with Gasteiger partial charge in [-0.3, -0.25) is 9.59 Å². The van der Waals surface area contributed by atoms with Gasteiger partial charge in [-0.1, -0.05) is 40.7 Å². The van der Waals surface area contributed by atoms with E-state index in [-0.39, 0.29) is 18.0 Å². The van der Waals surface area contributed by atoms with Crippen LogP contribution < -0.4 is 0 Å². The second-order valence-electron chi connectivity index (χ2n) is 5.98. The van der Waals surface area contributed by atoms with Crippen LogP contribution in [0.5, 0.6) is 0 Å². The van der Waals surface area contributed by atoms with Crippen molar-refractivity contribution in [3.63, 3.8) is 0 Å². The molecule has 2 nitrogen and oxygen atoms in total. The Kier molecular flexibility index (Phi) is 5.11. The number of ketones is 2. The maximum atomic E-state index is 12.0. The minimum atomic E-state index is -0.426. The molecule has 0 aromatic carbocycles. The van der Waals surface area contributed by atoms with Gasteiger partial charge in [-0.25, -0.2) is 0 Å². The SMILES string of the molecule is C=CCCC(C)(C)C(=O)CC(=O)C(C)(C)C. The van der Waals surface area contributed by atoms with Crippen LogP contribution in [0.3, 0.4) is 0 Å². The average Bonchev–Trinajstić information content (AvgIpc) is 2.13. The van der Waals surface area contributed by atoms with Crippen LogP contribution in [-0.2, 0) is 9.59 Å². The van der Waals surface area contributed by atoms with Gasteiger partial charge in [-0.05, 0) is 12.8 Å². The topological polar surface area (TPSA) is 34.1 Å². The number of hydrogen-bond donors (Lipinski definition) is 0. The Bertz CT molecular complexity index is 280. The first-order chi connectivity index (χ1) is 7.11. The summed E-state index contributed by atoms with van der Waals surface area (Å²) >= 11 is 0. The molecule has 0 spiro atoms. The van der Waals surface area contributed by atoms with Crippen molar-refractivity contribution in [1.82, 2.24) is 0 Å². The fraction of sp³-hybridized carbons (Fsp3) is 0.714. The average molecular weight is 224 g/mol. The van der Waals surface area contributed by atoms with E-state index in [1.54, 1.807) is 6.08 Å². The fourth-order valence-electron chi connectivity index (χ4n) is 1.25. The normalized spacial score (nSPS) is 12.3. The molecule has 0 saturated carbocycles. The maximum absolute atomic E-state index is 12.0. The summed E-state index contributed by atoms with van der Waals surface area (Å²) in [5.41, 5.74) is -0.848. The third-order valence-electron chi connectivity index (χ3n) is 2.89. The number of allylic oxidation sites excluding steroid dienone is 1. The third kappa shape index (κ3) is 4.73. The monoisotopic (exact) mass is 224 g/mol. The van der Waals surface area contributed by atoms with Gasteiger partial charge in [0.1, 0.15) is 11.6 Å². The summed E-state index contributed by atoms with van der Waals surface area (Å²) in [5, 5.41) is 0. The number of rotatable bonds is 6.